The standard InChI is InChI=1S/C16H19N3O5S3/c1-2-24-15(21)12-10-26-16(17-12)18-14(20)11-5-7-19(8-6-11)27(22,23)13-4-3-9-25-13/h3-4,9-11H,2,5-8H2,1H3,(H,17,18,20). The summed E-state index contributed by atoms with van der Waals surface area (Å²) in [5.74, 6) is -1.04. The van der Waals surface area contributed by atoms with Crippen LogP contribution in [-0.4, -0.2) is 49.3 Å². The van der Waals surface area contributed by atoms with Gasteiger partial charge in [-0.25, -0.2) is 18.2 Å². The van der Waals surface area contributed by atoms with Gasteiger partial charge in [0.05, 0.1) is 6.61 Å². The zero-order valence-electron chi connectivity index (χ0n) is 14.6. The molecule has 0 bridgehead atoms. The molecule has 1 amide bonds. The number of rotatable bonds is 6. The van der Waals surface area contributed by atoms with Gasteiger partial charge in [-0.1, -0.05) is 6.07 Å². The Balaban J connectivity index is 1.55. The van der Waals surface area contributed by atoms with Crippen LogP contribution in [-0.2, 0) is 19.6 Å². The van der Waals surface area contributed by atoms with Crippen LogP contribution in [0.25, 0.3) is 0 Å². The molecule has 3 rings (SSSR count). The third-order valence-electron chi connectivity index (χ3n) is 4.13. The number of thiophene rings is 1. The maximum absolute atomic E-state index is 12.5. The lowest BCUT2D eigenvalue weighted by atomic mass is 9.97. The van der Waals surface area contributed by atoms with E-state index in [0.29, 0.717) is 35.3 Å². The molecule has 146 valence electrons. The van der Waals surface area contributed by atoms with E-state index in [4.69, 9.17) is 4.74 Å². The van der Waals surface area contributed by atoms with Gasteiger partial charge in [0.15, 0.2) is 10.8 Å². The molecular weight excluding hydrogens is 410 g/mol. The van der Waals surface area contributed by atoms with Gasteiger partial charge in [0.25, 0.3) is 10.0 Å². The molecule has 1 aliphatic heterocycles. The molecule has 1 N–H and O–H groups in total. The first-order chi connectivity index (χ1) is 12.9. The summed E-state index contributed by atoms with van der Waals surface area (Å²) < 4.78 is 31.6. The van der Waals surface area contributed by atoms with Crippen LogP contribution < -0.4 is 5.32 Å². The van der Waals surface area contributed by atoms with Gasteiger partial charge in [0.2, 0.25) is 5.91 Å². The van der Waals surface area contributed by atoms with Crippen molar-refractivity contribution in [1.82, 2.24) is 9.29 Å². The number of hydrogen-bond donors (Lipinski definition) is 1. The van der Waals surface area contributed by atoms with E-state index >= 15 is 0 Å². The Bertz CT molecular complexity index is 900. The van der Waals surface area contributed by atoms with Crippen molar-refractivity contribution in [2.75, 3.05) is 25.0 Å². The van der Waals surface area contributed by atoms with E-state index in [0.717, 1.165) is 11.3 Å². The molecule has 11 heteroatoms. The number of carbonyl (C=O) groups is 2. The van der Waals surface area contributed by atoms with E-state index in [1.165, 1.54) is 21.0 Å². The molecule has 0 spiro atoms. The highest BCUT2D eigenvalue weighted by molar-refractivity contribution is 7.91. The van der Waals surface area contributed by atoms with Crippen molar-refractivity contribution in [2.24, 2.45) is 5.92 Å². The number of aromatic nitrogens is 1. The molecule has 3 heterocycles. The molecule has 0 radical (unpaired) electrons. The van der Waals surface area contributed by atoms with Crippen molar-refractivity contribution in [2.45, 2.75) is 24.0 Å². The highest BCUT2D eigenvalue weighted by atomic mass is 32.2. The molecule has 1 aliphatic rings. The van der Waals surface area contributed by atoms with E-state index in [2.05, 4.69) is 10.3 Å². The summed E-state index contributed by atoms with van der Waals surface area (Å²) in [6, 6.07) is 3.29. The van der Waals surface area contributed by atoms with Gasteiger partial charge in [0, 0.05) is 24.4 Å². The lowest BCUT2D eigenvalue weighted by Crippen LogP contribution is -2.41. The first-order valence-corrected chi connectivity index (χ1v) is 11.6. The third-order valence-corrected chi connectivity index (χ3v) is 8.16. The van der Waals surface area contributed by atoms with Crippen molar-refractivity contribution < 1.29 is 22.7 Å². The van der Waals surface area contributed by atoms with Crippen LogP contribution in [0, 0.1) is 5.92 Å². The Labute approximate surface area is 165 Å². The van der Waals surface area contributed by atoms with E-state index in [1.54, 1.807) is 24.4 Å². The number of carbonyl (C=O) groups excluding carboxylic acids is 2. The summed E-state index contributed by atoms with van der Waals surface area (Å²) in [6.07, 6.45) is 0.874. The monoisotopic (exact) mass is 429 g/mol. The number of piperidine rings is 1. The molecule has 0 aromatic carbocycles. The van der Waals surface area contributed by atoms with Crippen LogP contribution in [0.15, 0.2) is 27.1 Å². The number of amides is 1. The minimum absolute atomic E-state index is 0.161. The van der Waals surface area contributed by atoms with Crippen LogP contribution in [0.2, 0.25) is 0 Å². The first kappa shape index (κ1) is 19.9. The van der Waals surface area contributed by atoms with Crippen LogP contribution in [0.5, 0.6) is 0 Å². The maximum atomic E-state index is 12.5. The summed E-state index contributed by atoms with van der Waals surface area (Å²) in [5, 5.41) is 6.29. The van der Waals surface area contributed by atoms with Crippen molar-refractivity contribution in [3.8, 4) is 0 Å². The zero-order valence-corrected chi connectivity index (χ0v) is 17.0. The molecular formula is C16H19N3O5S3. The second kappa shape index (κ2) is 8.46. The fourth-order valence-electron chi connectivity index (χ4n) is 2.73. The van der Waals surface area contributed by atoms with Crippen LogP contribution >= 0.6 is 22.7 Å². The van der Waals surface area contributed by atoms with Crippen molar-refractivity contribution in [1.29, 1.82) is 0 Å². The quantitative estimate of drug-likeness (QED) is 0.707. The number of ether oxygens (including phenoxy) is 1. The van der Waals surface area contributed by atoms with Gasteiger partial charge in [-0.05, 0) is 31.2 Å². The van der Waals surface area contributed by atoms with Crippen molar-refractivity contribution in [3.05, 3.63) is 28.6 Å². The lowest BCUT2D eigenvalue weighted by molar-refractivity contribution is -0.120. The van der Waals surface area contributed by atoms with Crippen LogP contribution in [0.3, 0.4) is 0 Å². The Kier molecular flexibility index (Phi) is 6.25. The normalized spacial score (nSPS) is 16.2. The number of hydrogen-bond acceptors (Lipinski definition) is 8. The Hall–Kier alpha value is -1.82. The summed E-state index contributed by atoms with van der Waals surface area (Å²) in [5.41, 5.74) is 0.161. The minimum atomic E-state index is -3.48. The third kappa shape index (κ3) is 4.54. The molecule has 1 fully saturated rings. The Morgan fingerprint density at radius 3 is 2.70 bits per heavy atom. The van der Waals surface area contributed by atoms with Gasteiger partial charge < -0.3 is 10.1 Å². The molecule has 0 aliphatic carbocycles. The first-order valence-electron chi connectivity index (χ1n) is 8.39. The predicted molar refractivity (Wildman–Crippen MR) is 103 cm³/mol. The number of esters is 1. The van der Waals surface area contributed by atoms with Gasteiger partial charge in [-0.15, -0.1) is 22.7 Å². The fraction of sp³-hybridized carbons (Fsp3) is 0.438. The molecule has 0 atom stereocenters. The molecule has 2 aromatic heterocycles. The van der Waals surface area contributed by atoms with Crippen LogP contribution in [0.4, 0.5) is 5.13 Å². The Morgan fingerprint density at radius 2 is 2.07 bits per heavy atom. The molecule has 8 nitrogen and oxygen atoms in total. The maximum Gasteiger partial charge on any atom is 0.357 e. The second-order valence-electron chi connectivity index (χ2n) is 5.86. The van der Waals surface area contributed by atoms with Gasteiger partial charge >= 0.3 is 5.97 Å². The minimum Gasteiger partial charge on any atom is -0.461 e. The largest absolute Gasteiger partial charge is 0.461 e. The van der Waals surface area contributed by atoms with Crippen LogP contribution in [0.1, 0.15) is 30.3 Å². The summed E-state index contributed by atoms with van der Waals surface area (Å²) in [6.45, 7) is 2.55. The average Bonchev–Trinajstić information content (AvgIpc) is 3.34. The molecule has 27 heavy (non-hydrogen) atoms. The molecule has 0 saturated carbocycles. The van der Waals surface area contributed by atoms with Crippen molar-refractivity contribution in [3.63, 3.8) is 0 Å². The van der Waals surface area contributed by atoms with E-state index in [1.807, 2.05) is 0 Å². The second-order valence-corrected chi connectivity index (χ2v) is 9.83. The Morgan fingerprint density at radius 1 is 1.33 bits per heavy atom. The number of nitrogens with one attached hydrogen (secondary N) is 1. The van der Waals surface area contributed by atoms with Gasteiger partial charge in [-0.2, -0.15) is 4.31 Å². The summed E-state index contributed by atoms with van der Waals surface area (Å²) >= 11 is 2.34. The zero-order chi connectivity index (χ0) is 19.4. The number of anilines is 1. The smallest absolute Gasteiger partial charge is 0.357 e. The lowest BCUT2D eigenvalue weighted by Gasteiger charge is -2.29. The fourth-order valence-corrected chi connectivity index (χ4v) is 6.03. The van der Waals surface area contributed by atoms with E-state index in [-0.39, 0.29) is 24.1 Å². The topological polar surface area (TPSA) is 106 Å². The highest BCUT2D eigenvalue weighted by Gasteiger charge is 2.32. The number of nitrogens with zero attached hydrogens (tertiary/aromatic N) is 2. The highest BCUT2D eigenvalue weighted by Crippen LogP contribution is 2.27. The van der Waals surface area contributed by atoms with E-state index in [9.17, 15) is 18.0 Å². The molecule has 2 aromatic rings. The van der Waals surface area contributed by atoms with Crippen molar-refractivity contribution >= 4 is 49.7 Å². The summed E-state index contributed by atoms with van der Waals surface area (Å²) in [4.78, 5) is 28.1. The average molecular weight is 430 g/mol. The van der Waals surface area contributed by atoms with E-state index < -0.39 is 16.0 Å². The van der Waals surface area contributed by atoms with Gasteiger partial charge in [-0.3, -0.25) is 4.79 Å². The number of sulfonamides is 1. The molecule has 0 unspecified atom stereocenters. The molecule has 1 saturated heterocycles. The predicted octanol–water partition coefficient (Wildman–Crippen LogP) is 2.42. The number of thiazole rings is 1. The van der Waals surface area contributed by atoms with Gasteiger partial charge in [0.1, 0.15) is 4.21 Å². The summed E-state index contributed by atoms with van der Waals surface area (Å²) in [7, 11) is -3.48. The SMILES string of the molecule is CCOC(=O)c1csc(NC(=O)C2CCN(S(=O)(=O)c3cccs3)CC2)n1.